The van der Waals surface area contributed by atoms with Crippen molar-refractivity contribution in [3.05, 3.63) is 16.5 Å². The van der Waals surface area contributed by atoms with Crippen molar-refractivity contribution in [3.8, 4) is 0 Å². The van der Waals surface area contributed by atoms with E-state index in [9.17, 15) is 39.3 Å². The number of aromatic nitrogens is 4. The van der Waals surface area contributed by atoms with Crippen LogP contribution in [0.3, 0.4) is 0 Å². The number of aliphatic hydroxyl groups excluding tert-OH is 4. The molecule has 18 nitrogen and oxygen atoms in total. The second-order valence-corrected chi connectivity index (χ2v) is 11.9. The Bertz CT molecular complexity index is 1350. The fraction of sp³-hybridized carbons (Fsp3) is 0.667. The van der Waals surface area contributed by atoms with Gasteiger partial charge < -0.3 is 39.7 Å². The molecule has 0 amide bonds. The Morgan fingerprint density at radius 2 is 1.42 bits per heavy atom. The molecule has 0 radical (unpaired) electrons. The first-order chi connectivity index (χ1) is 16.8. The van der Waals surface area contributed by atoms with E-state index >= 15 is 0 Å². The summed E-state index contributed by atoms with van der Waals surface area (Å²) in [6.07, 6.45) is -11.1. The van der Waals surface area contributed by atoms with Gasteiger partial charge in [-0.05, 0) is 15.9 Å². The van der Waals surface area contributed by atoms with E-state index in [0.717, 1.165) is 10.9 Å². The molecule has 6 heterocycles. The molecule has 23 heteroatoms. The first kappa shape index (κ1) is 33.4. The van der Waals surface area contributed by atoms with Gasteiger partial charge in [-0.2, -0.15) is 4.31 Å². The molecule has 10 atom stereocenters. The molecule has 2 unspecified atom stereocenters. The predicted octanol–water partition coefficient (Wildman–Crippen LogP) is -8.01. The first-order valence-corrected chi connectivity index (χ1v) is 14.0. The van der Waals surface area contributed by atoms with E-state index in [2.05, 4.69) is 39.3 Å². The third-order valence-corrected chi connectivity index (χ3v) is 9.00. The maximum Gasteiger partial charge on any atom is 1.00 e. The van der Waals surface area contributed by atoms with E-state index < -0.39 is 77.9 Å². The molecule has 0 spiro atoms. The molecule has 2 saturated heterocycles. The SMILES string of the molecule is N=c1c2nc(Br)n3c2ncn1[C@@H]1O[C@H](COP(=O)(O)OP(=O)(O)OC[C@H]2O[C@@H]3[C@H](O)[C@@H]2O)[C@@H](O)[C@H]1O.[Na+].[Na+]. The minimum atomic E-state index is -5.27. The summed E-state index contributed by atoms with van der Waals surface area (Å²) in [5, 5.41) is 50.3. The summed E-state index contributed by atoms with van der Waals surface area (Å²) >= 11 is 3.19. The van der Waals surface area contributed by atoms with Gasteiger partial charge in [0.1, 0.15) is 43.0 Å². The van der Waals surface area contributed by atoms with Gasteiger partial charge >= 0.3 is 74.8 Å². The molecule has 200 valence electrons. The summed E-state index contributed by atoms with van der Waals surface area (Å²) in [7, 11) is -10.5. The maximum absolute atomic E-state index is 12.2. The molecular formula is C15H20BrN5Na2O13P2+2. The van der Waals surface area contributed by atoms with Crippen LogP contribution in [0.15, 0.2) is 11.1 Å². The minimum Gasteiger partial charge on any atom is -0.387 e. The molecule has 38 heavy (non-hydrogen) atoms. The number of imidazole rings is 1. The van der Waals surface area contributed by atoms with Crippen LogP contribution in [0.5, 0.6) is 0 Å². The predicted molar refractivity (Wildman–Crippen MR) is 114 cm³/mol. The molecule has 4 aliphatic heterocycles. The van der Waals surface area contributed by atoms with E-state index in [1.807, 2.05) is 0 Å². The van der Waals surface area contributed by atoms with Crippen LogP contribution < -0.4 is 64.6 Å². The summed E-state index contributed by atoms with van der Waals surface area (Å²) < 4.78 is 51.3. The number of nitrogens with one attached hydrogen (secondary N) is 1. The monoisotopic (exact) mass is 665 g/mol. The summed E-state index contributed by atoms with van der Waals surface area (Å²) in [6.45, 7) is -1.73. The van der Waals surface area contributed by atoms with E-state index in [0.29, 0.717) is 0 Å². The quantitative estimate of drug-likeness (QED) is 0.0783. The standard InChI is InChI=1S/C15H20BrN5O13P2.2Na/c16-15-19-6-11(17)20-3-18-12(6)21(15)14-10(25)8(23)5(33-14)2-31-36(28,29)34-35(26,27)30-1-4-7(22)9(24)13(20)32-4;;/h3-5,7-10,13-14,17,22-25H,1-2H2,(H,26,27)(H,28,29);;/q;2*+1/t4-,5-,7-,8-,9-,10-,13-,14-;;/m1../s1. The van der Waals surface area contributed by atoms with E-state index in [4.69, 9.17) is 14.9 Å². The van der Waals surface area contributed by atoms with Crippen molar-refractivity contribution >= 4 is 42.7 Å². The van der Waals surface area contributed by atoms with Gasteiger partial charge in [0.2, 0.25) is 0 Å². The third-order valence-electron chi connectivity index (χ3n) is 5.84. The molecule has 0 aliphatic carbocycles. The number of nitrogens with zero attached hydrogens (tertiary/aromatic N) is 4. The van der Waals surface area contributed by atoms with Crippen LogP contribution in [0.25, 0.3) is 11.2 Å². The Labute approximate surface area is 265 Å². The largest absolute Gasteiger partial charge is 1.00 e. The smallest absolute Gasteiger partial charge is 0.387 e. The normalized spacial score (nSPS) is 41.4. The Morgan fingerprint density at radius 3 is 1.97 bits per heavy atom. The van der Waals surface area contributed by atoms with Crippen LogP contribution in [0.4, 0.5) is 0 Å². The number of phosphoric acid groups is 2. The van der Waals surface area contributed by atoms with Crippen LogP contribution >= 0.6 is 31.6 Å². The van der Waals surface area contributed by atoms with Gasteiger partial charge in [-0.15, -0.1) is 0 Å². The zero-order valence-electron chi connectivity index (χ0n) is 19.7. The van der Waals surface area contributed by atoms with Crippen molar-refractivity contribution in [2.24, 2.45) is 0 Å². The molecule has 2 aromatic rings. The zero-order valence-corrected chi connectivity index (χ0v) is 27.1. The number of fused-ring (bicyclic) bond motifs is 7. The first-order valence-electron chi connectivity index (χ1n) is 10.2. The molecule has 8 bridgehead atoms. The van der Waals surface area contributed by atoms with Crippen LogP contribution in [0.1, 0.15) is 12.5 Å². The number of hydrogen-bond donors (Lipinski definition) is 7. The molecule has 0 saturated carbocycles. The summed E-state index contributed by atoms with van der Waals surface area (Å²) in [4.78, 5) is 28.1. The average molecular weight is 666 g/mol. The van der Waals surface area contributed by atoms with Gasteiger partial charge in [0.05, 0.1) is 13.2 Å². The molecule has 0 aromatic carbocycles. The summed E-state index contributed by atoms with van der Waals surface area (Å²) in [6, 6.07) is 0. The number of ether oxygens (including phenoxy) is 2. The van der Waals surface area contributed by atoms with Gasteiger partial charge in [0.25, 0.3) is 0 Å². The fourth-order valence-electron chi connectivity index (χ4n) is 4.08. The van der Waals surface area contributed by atoms with E-state index in [1.165, 1.54) is 4.57 Å². The zero-order chi connectivity index (χ0) is 26.2. The number of aliphatic hydroxyl groups is 4. The summed E-state index contributed by atoms with van der Waals surface area (Å²) in [5.74, 6) is 0. The second kappa shape index (κ2) is 12.2. The van der Waals surface area contributed by atoms with Crippen molar-refractivity contribution in [3.63, 3.8) is 0 Å². The van der Waals surface area contributed by atoms with Crippen LogP contribution in [0, 0.1) is 5.41 Å². The third kappa shape index (κ3) is 6.14. The number of phosphoric ester groups is 2. The molecule has 2 fully saturated rings. The van der Waals surface area contributed by atoms with Crippen LogP contribution in [-0.2, 0) is 32.0 Å². The van der Waals surface area contributed by atoms with Gasteiger partial charge in [-0.3, -0.25) is 23.6 Å². The fourth-order valence-corrected chi connectivity index (χ4v) is 6.72. The topological polar surface area (TPSA) is 261 Å². The molecular weight excluding hydrogens is 646 g/mol. The Balaban J connectivity index is 0.00000200. The van der Waals surface area contributed by atoms with Gasteiger partial charge in [-0.25, -0.2) is 19.1 Å². The van der Waals surface area contributed by atoms with Crippen molar-refractivity contribution in [1.29, 1.82) is 5.41 Å². The Hall–Kier alpha value is 0.850. The van der Waals surface area contributed by atoms with Gasteiger partial charge in [0.15, 0.2) is 33.8 Å². The maximum atomic E-state index is 12.2. The molecule has 4 aliphatic rings. The van der Waals surface area contributed by atoms with Gasteiger partial charge in [0, 0.05) is 0 Å². The van der Waals surface area contributed by atoms with Crippen LogP contribution in [-0.4, -0.2) is 99.2 Å². The van der Waals surface area contributed by atoms with Crippen molar-refractivity contribution in [2.75, 3.05) is 13.2 Å². The second-order valence-electron chi connectivity index (χ2n) is 8.13. The van der Waals surface area contributed by atoms with E-state index in [-0.39, 0.29) is 80.5 Å². The van der Waals surface area contributed by atoms with Crippen LogP contribution in [0.2, 0.25) is 0 Å². The van der Waals surface area contributed by atoms with Gasteiger partial charge in [-0.1, -0.05) is 0 Å². The Morgan fingerprint density at radius 1 is 0.921 bits per heavy atom. The van der Waals surface area contributed by atoms with Crippen molar-refractivity contribution in [2.45, 2.75) is 49.1 Å². The van der Waals surface area contributed by atoms with E-state index in [1.54, 1.807) is 0 Å². The number of hydrogen-bond acceptors (Lipinski definition) is 14. The Kier molecular flexibility index (Phi) is 10.7. The summed E-state index contributed by atoms with van der Waals surface area (Å²) in [5.41, 5.74) is -0.357. The van der Waals surface area contributed by atoms with Crippen molar-refractivity contribution < 1.29 is 121 Å². The average Bonchev–Trinajstić information content (AvgIpc) is 3.37. The number of rotatable bonds is 0. The molecule has 6 rings (SSSR count). The molecule has 7 N–H and O–H groups in total. The van der Waals surface area contributed by atoms with Crippen molar-refractivity contribution in [1.82, 2.24) is 19.1 Å². The minimum absolute atomic E-state index is 0. The molecule has 2 aromatic heterocycles. The number of halogens is 1.